The summed E-state index contributed by atoms with van der Waals surface area (Å²) in [7, 11) is 2.34. The molecule has 0 bridgehead atoms. The van der Waals surface area contributed by atoms with Crippen LogP contribution in [0.5, 0.6) is 0 Å². The molecule has 14 heteroatoms. The van der Waals surface area contributed by atoms with Crippen LogP contribution in [0.3, 0.4) is 0 Å². The summed E-state index contributed by atoms with van der Waals surface area (Å²) in [6.07, 6.45) is -0.999. The van der Waals surface area contributed by atoms with Crippen LogP contribution in [-0.4, -0.2) is 94.6 Å². The summed E-state index contributed by atoms with van der Waals surface area (Å²) in [5.41, 5.74) is 1.01. The molecule has 286 valence electrons. The Morgan fingerprint density at radius 1 is 0.849 bits per heavy atom. The molecule has 0 radical (unpaired) electrons. The Morgan fingerprint density at radius 2 is 1.49 bits per heavy atom. The van der Waals surface area contributed by atoms with Gasteiger partial charge in [0.2, 0.25) is 11.8 Å². The number of alkyl carbamates (subject to hydrolysis) is 1. The molecule has 53 heavy (non-hydrogen) atoms. The van der Waals surface area contributed by atoms with Gasteiger partial charge in [-0.05, 0) is 55.4 Å². The van der Waals surface area contributed by atoms with E-state index >= 15 is 0 Å². The first-order chi connectivity index (χ1) is 25.0. The molecule has 0 spiro atoms. The lowest BCUT2D eigenvalue weighted by atomic mass is 9.72. The summed E-state index contributed by atoms with van der Waals surface area (Å²) in [6, 6.07) is 20.2. The number of aliphatic hydroxyl groups is 1. The Kier molecular flexibility index (Phi) is 14.9. The maximum absolute atomic E-state index is 14.6. The molecule has 5 atom stereocenters. The predicted molar refractivity (Wildman–Crippen MR) is 197 cm³/mol. The van der Waals surface area contributed by atoms with Gasteiger partial charge in [0.1, 0.15) is 11.6 Å². The Hall–Kier alpha value is -5.50. The third-order valence-electron chi connectivity index (χ3n) is 9.45. The monoisotopic (exact) mass is 733 g/mol. The molecule has 5 N–H and O–H groups in total. The van der Waals surface area contributed by atoms with Gasteiger partial charge in [-0.2, -0.15) is 0 Å². The number of hydrogen-bond acceptors (Lipinski definition) is 9. The number of aromatic nitrogens is 1. The highest BCUT2D eigenvalue weighted by Crippen LogP contribution is 2.38. The molecular weight excluding hydrogens is 682 g/mol. The van der Waals surface area contributed by atoms with Crippen molar-refractivity contribution in [2.24, 2.45) is 11.3 Å². The topological polar surface area (TPSA) is 196 Å². The van der Waals surface area contributed by atoms with Crippen molar-refractivity contribution in [3.05, 3.63) is 90.1 Å². The average Bonchev–Trinajstić information content (AvgIpc) is 3.14. The lowest BCUT2D eigenvalue weighted by molar-refractivity contribution is -0.144. The average molecular weight is 734 g/mol. The molecule has 2 aromatic carbocycles. The molecule has 0 saturated carbocycles. The standard InChI is InChI=1S/C39H51N5O9/c1-25(34(47)48)32(43-36(50)52-6)33(46)41-23-30(45)22-29(21-26-16-18-28(19-17-26)31-15-11-12-20-40-31)42-35(49)39(5,38(2,3)4)44(37(51)53-7)24-27-13-9-8-10-14-27/h8-20,25,29-30,32,45H,21-24H2,1-7H3,(H,41,46)(H,42,49)(H,43,50)(H,47,48). The Balaban J connectivity index is 1.92. The minimum absolute atomic E-state index is 0.0469. The molecule has 0 fully saturated rings. The van der Waals surface area contributed by atoms with Crippen LogP contribution in [0.4, 0.5) is 9.59 Å². The molecule has 0 aliphatic rings. The number of nitrogens with one attached hydrogen (secondary N) is 3. The van der Waals surface area contributed by atoms with Crippen LogP contribution in [0, 0.1) is 11.3 Å². The third-order valence-corrected chi connectivity index (χ3v) is 9.45. The van der Waals surface area contributed by atoms with Gasteiger partial charge in [0, 0.05) is 24.3 Å². The number of carbonyl (C=O) groups is 5. The minimum atomic E-state index is -1.48. The number of carboxylic acids is 1. The van der Waals surface area contributed by atoms with Crippen LogP contribution in [-0.2, 0) is 36.8 Å². The number of aliphatic carboxylic acids is 1. The molecule has 1 heterocycles. The molecular formula is C39H51N5O9. The van der Waals surface area contributed by atoms with Crippen LogP contribution in [0.15, 0.2) is 79.0 Å². The number of methoxy groups -OCH3 is 2. The number of carbonyl (C=O) groups excluding carboxylic acids is 4. The minimum Gasteiger partial charge on any atom is -0.481 e. The molecule has 0 saturated heterocycles. The number of amides is 4. The van der Waals surface area contributed by atoms with Gasteiger partial charge in [0.05, 0.1) is 38.5 Å². The highest BCUT2D eigenvalue weighted by atomic mass is 16.5. The zero-order valence-electron chi connectivity index (χ0n) is 31.3. The van der Waals surface area contributed by atoms with Gasteiger partial charge in [-0.15, -0.1) is 0 Å². The molecule has 0 aliphatic heterocycles. The van der Waals surface area contributed by atoms with Crippen LogP contribution < -0.4 is 16.0 Å². The van der Waals surface area contributed by atoms with E-state index in [0.29, 0.717) is 0 Å². The molecule has 3 aromatic rings. The smallest absolute Gasteiger partial charge is 0.410 e. The van der Waals surface area contributed by atoms with Gasteiger partial charge in [0.15, 0.2) is 0 Å². The van der Waals surface area contributed by atoms with Crippen LogP contribution in [0.1, 0.15) is 52.2 Å². The van der Waals surface area contributed by atoms with Crippen LogP contribution in [0.2, 0.25) is 0 Å². The number of rotatable bonds is 16. The first-order valence-electron chi connectivity index (χ1n) is 17.3. The lowest BCUT2D eigenvalue weighted by Crippen LogP contribution is -2.66. The zero-order chi connectivity index (χ0) is 39.3. The van der Waals surface area contributed by atoms with Crippen molar-refractivity contribution in [2.75, 3.05) is 20.8 Å². The first kappa shape index (κ1) is 41.9. The van der Waals surface area contributed by atoms with Crippen molar-refractivity contribution >= 4 is 30.0 Å². The Labute approximate surface area is 310 Å². The van der Waals surface area contributed by atoms with Crippen molar-refractivity contribution in [2.45, 2.75) is 77.7 Å². The van der Waals surface area contributed by atoms with E-state index in [-0.39, 0.29) is 25.9 Å². The van der Waals surface area contributed by atoms with Crippen molar-refractivity contribution in [3.8, 4) is 11.3 Å². The van der Waals surface area contributed by atoms with Crippen molar-refractivity contribution < 1.29 is 43.7 Å². The second kappa shape index (κ2) is 18.8. The summed E-state index contributed by atoms with van der Waals surface area (Å²) in [5, 5.41) is 28.5. The van der Waals surface area contributed by atoms with Crippen molar-refractivity contribution in [1.29, 1.82) is 0 Å². The Morgan fingerprint density at radius 3 is 2.04 bits per heavy atom. The second-order valence-electron chi connectivity index (χ2n) is 14.0. The fraction of sp³-hybridized carbons (Fsp3) is 0.436. The molecule has 14 nitrogen and oxygen atoms in total. The summed E-state index contributed by atoms with van der Waals surface area (Å²) < 4.78 is 9.72. The summed E-state index contributed by atoms with van der Waals surface area (Å²) in [4.78, 5) is 70.3. The number of aliphatic hydroxyl groups excluding tert-OH is 1. The Bertz CT molecular complexity index is 1680. The maximum atomic E-state index is 14.6. The van der Waals surface area contributed by atoms with E-state index in [9.17, 15) is 34.2 Å². The highest BCUT2D eigenvalue weighted by molar-refractivity contribution is 5.91. The van der Waals surface area contributed by atoms with E-state index in [1.54, 1.807) is 13.1 Å². The summed E-state index contributed by atoms with van der Waals surface area (Å²) >= 11 is 0. The van der Waals surface area contributed by atoms with Crippen LogP contribution in [0.25, 0.3) is 11.3 Å². The number of nitrogens with zero attached hydrogens (tertiary/aromatic N) is 2. The lowest BCUT2D eigenvalue weighted by Gasteiger charge is -2.48. The van der Waals surface area contributed by atoms with Crippen molar-refractivity contribution in [1.82, 2.24) is 25.8 Å². The van der Waals surface area contributed by atoms with Gasteiger partial charge in [-0.3, -0.25) is 24.3 Å². The third kappa shape index (κ3) is 11.2. The van der Waals surface area contributed by atoms with Gasteiger partial charge >= 0.3 is 18.2 Å². The maximum Gasteiger partial charge on any atom is 0.410 e. The van der Waals surface area contributed by atoms with E-state index in [2.05, 4.69) is 25.7 Å². The van der Waals surface area contributed by atoms with Gasteiger partial charge < -0.3 is 35.6 Å². The number of carboxylic acid groups (broad SMARTS) is 1. The summed E-state index contributed by atoms with van der Waals surface area (Å²) in [5.74, 6) is -3.97. The van der Waals surface area contributed by atoms with Gasteiger partial charge in [-0.1, -0.05) is 81.4 Å². The predicted octanol–water partition coefficient (Wildman–Crippen LogP) is 4.16. The van der Waals surface area contributed by atoms with E-state index in [4.69, 9.17) is 4.74 Å². The molecule has 1 aromatic heterocycles. The van der Waals surface area contributed by atoms with E-state index in [1.807, 2.05) is 93.6 Å². The fourth-order valence-corrected chi connectivity index (χ4v) is 5.78. The fourth-order valence-electron chi connectivity index (χ4n) is 5.78. The van der Waals surface area contributed by atoms with Gasteiger partial charge in [0.25, 0.3) is 0 Å². The van der Waals surface area contributed by atoms with Crippen LogP contribution >= 0.6 is 0 Å². The normalized spacial score (nSPS) is 14.6. The van der Waals surface area contributed by atoms with E-state index in [0.717, 1.165) is 29.5 Å². The number of pyridine rings is 1. The van der Waals surface area contributed by atoms with E-state index < -0.39 is 65.0 Å². The SMILES string of the molecule is COC(=O)NC(C(=O)NCC(O)CC(Cc1ccc(-c2ccccn2)cc1)NC(=O)C(C)(N(Cc1ccccc1)C(=O)OC)C(C)(C)C)C(C)C(=O)O. The van der Waals surface area contributed by atoms with Crippen molar-refractivity contribution in [3.63, 3.8) is 0 Å². The largest absolute Gasteiger partial charge is 0.481 e. The first-order valence-corrected chi connectivity index (χ1v) is 17.3. The highest BCUT2D eigenvalue weighted by Gasteiger charge is 2.52. The molecule has 4 amide bonds. The van der Waals surface area contributed by atoms with Gasteiger partial charge in [-0.25, -0.2) is 9.59 Å². The van der Waals surface area contributed by atoms with E-state index in [1.165, 1.54) is 18.9 Å². The molecule has 5 unspecified atom stereocenters. The second-order valence-corrected chi connectivity index (χ2v) is 14.0. The molecule has 3 rings (SSSR count). The quantitative estimate of drug-likeness (QED) is 0.143. The number of hydrogen-bond donors (Lipinski definition) is 5. The summed E-state index contributed by atoms with van der Waals surface area (Å²) in [6.45, 7) is 8.23. The number of benzene rings is 2. The zero-order valence-corrected chi connectivity index (χ0v) is 31.3. The molecule has 0 aliphatic carbocycles. The number of ether oxygens (including phenoxy) is 2.